The molecule has 2 atom stereocenters. The van der Waals surface area contributed by atoms with E-state index in [0.717, 1.165) is 38.5 Å². The number of allylic oxidation sites excluding steroid dienone is 2. The molecule has 0 aromatic rings. The van der Waals surface area contributed by atoms with Crippen LogP contribution in [0.15, 0.2) is 24.3 Å². The fourth-order valence-corrected chi connectivity index (χ4v) is 3.59. The van der Waals surface area contributed by atoms with Gasteiger partial charge in [-0.15, -0.1) is 6.58 Å². The fourth-order valence-electron chi connectivity index (χ4n) is 3.59. The van der Waals surface area contributed by atoms with Gasteiger partial charge in [0.25, 0.3) is 0 Å². The predicted molar refractivity (Wildman–Crippen MR) is 103 cm³/mol. The van der Waals surface area contributed by atoms with Crippen molar-refractivity contribution in [2.24, 2.45) is 17.3 Å². The molecule has 0 radical (unpaired) electrons. The van der Waals surface area contributed by atoms with Crippen LogP contribution in [-0.2, 0) is 14.3 Å². The zero-order chi connectivity index (χ0) is 18.9. The summed E-state index contributed by atoms with van der Waals surface area (Å²) < 4.78 is 5.30. The third-order valence-electron chi connectivity index (χ3n) is 5.27. The van der Waals surface area contributed by atoms with Crippen molar-refractivity contribution >= 4 is 11.8 Å². The molecule has 0 fully saturated rings. The molecule has 25 heavy (non-hydrogen) atoms. The van der Waals surface area contributed by atoms with Gasteiger partial charge in [0.05, 0.1) is 6.61 Å². The fraction of sp³-hybridized carbons (Fsp3) is 0.727. The summed E-state index contributed by atoms with van der Waals surface area (Å²) in [5, 5.41) is 0. The lowest BCUT2D eigenvalue weighted by Gasteiger charge is -2.29. The molecule has 0 aromatic heterocycles. The molecule has 3 nitrogen and oxygen atoms in total. The maximum atomic E-state index is 13.0. The van der Waals surface area contributed by atoms with Gasteiger partial charge in [0.2, 0.25) is 0 Å². The third kappa shape index (κ3) is 8.02. The minimum Gasteiger partial charge on any atom is -0.465 e. The zero-order valence-corrected chi connectivity index (χ0v) is 16.6. The number of esters is 1. The maximum absolute atomic E-state index is 13.0. The van der Waals surface area contributed by atoms with Crippen molar-refractivity contribution in [1.82, 2.24) is 0 Å². The lowest BCUT2D eigenvalue weighted by atomic mass is 9.74. The van der Waals surface area contributed by atoms with Gasteiger partial charge in [0.1, 0.15) is 5.78 Å². The Hall–Kier alpha value is -1.38. The number of ketones is 1. The van der Waals surface area contributed by atoms with Gasteiger partial charge >= 0.3 is 5.97 Å². The molecule has 0 bridgehead atoms. The van der Waals surface area contributed by atoms with Crippen molar-refractivity contribution in [2.75, 3.05) is 6.61 Å². The van der Waals surface area contributed by atoms with E-state index >= 15 is 0 Å². The van der Waals surface area contributed by atoms with Crippen LogP contribution in [0.1, 0.15) is 79.1 Å². The smallest absolute Gasteiger partial charge is 0.305 e. The normalized spacial score (nSPS) is 27.3. The van der Waals surface area contributed by atoms with Gasteiger partial charge in [-0.1, -0.05) is 44.9 Å². The molecule has 1 heterocycles. The minimum absolute atomic E-state index is 0.00284. The van der Waals surface area contributed by atoms with Gasteiger partial charge in [-0.3, -0.25) is 9.59 Å². The van der Waals surface area contributed by atoms with Crippen LogP contribution in [0.5, 0.6) is 0 Å². The summed E-state index contributed by atoms with van der Waals surface area (Å²) in [6, 6.07) is 0. The topological polar surface area (TPSA) is 43.4 Å². The molecule has 1 rings (SSSR count). The highest BCUT2D eigenvalue weighted by molar-refractivity contribution is 5.87. The number of carbonyl (C=O) groups is 2. The molecule has 1 aliphatic rings. The Balaban J connectivity index is 2.88. The highest BCUT2D eigenvalue weighted by Crippen LogP contribution is 2.33. The average Bonchev–Trinajstić information content (AvgIpc) is 2.55. The average molecular weight is 349 g/mol. The molecular weight excluding hydrogens is 312 g/mol. The Bertz CT molecular complexity index is 488. The van der Waals surface area contributed by atoms with E-state index in [1.54, 1.807) is 0 Å². The summed E-state index contributed by atoms with van der Waals surface area (Å²) in [7, 11) is 0. The third-order valence-corrected chi connectivity index (χ3v) is 5.27. The highest BCUT2D eigenvalue weighted by atomic mass is 16.5. The highest BCUT2D eigenvalue weighted by Gasteiger charge is 2.34. The molecule has 0 aromatic carbocycles. The molecular formula is C22H36O3. The SMILES string of the molecule is C=CCC1CC(C)CCCC(C)=CCCOC(=O)CCC(C)(C)C1=O. The molecule has 0 amide bonds. The van der Waals surface area contributed by atoms with E-state index < -0.39 is 5.41 Å². The number of cyclic esters (lactones) is 1. The van der Waals surface area contributed by atoms with Crippen molar-refractivity contribution < 1.29 is 14.3 Å². The number of hydrogen-bond acceptors (Lipinski definition) is 3. The molecule has 2 unspecified atom stereocenters. The predicted octanol–water partition coefficient (Wildman–Crippen LogP) is 5.64. The number of carbonyl (C=O) groups excluding carboxylic acids is 2. The monoisotopic (exact) mass is 348 g/mol. The number of hydrogen-bond donors (Lipinski definition) is 0. The van der Waals surface area contributed by atoms with Gasteiger partial charge in [-0.05, 0) is 51.4 Å². The van der Waals surface area contributed by atoms with E-state index in [9.17, 15) is 9.59 Å². The second kappa shape index (κ2) is 10.6. The van der Waals surface area contributed by atoms with Crippen molar-refractivity contribution in [3.63, 3.8) is 0 Å². The Labute approximate surface area is 153 Å². The lowest BCUT2D eigenvalue weighted by molar-refractivity contribution is -0.144. The second-order valence-electron chi connectivity index (χ2n) is 8.26. The Morgan fingerprint density at radius 2 is 2.04 bits per heavy atom. The van der Waals surface area contributed by atoms with Crippen LogP contribution in [-0.4, -0.2) is 18.4 Å². The number of ether oxygens (including phenoxy) is 1. The standard InChI is InChI=1S/C22H36O3/c1-6-9-19-16-18(3)11-7-10-17(2)12-8-15-25-20(23)13-14-22(4,5)21(19)24/h6,12,18-19H,1,7-11,13-16H2,2-5H3. The van der Waals surface area contributed by atoms with Gasteiger partial charge in [0.15, 0.2) is 0 Å². The summed E-state index contributed by atoms with van der Waals surface area (Å²) in [5.74, 6) is 0.585. The van der Waals surface area contributed by atoms with E-state index in [-0.39, 0.29) is 17.7 Å². The summed E-state index contributed by atoms with van der Waals surface area (Å²) in [6.45, 7) is 12.6. The molecule has 0 aliphatic carbocycles. The van der Waals surface area contributed by atoms with Crippen LogP contribution in [0.3, 0.4) is 0 Å². The van der Waals surface area contributed by atoms with Gasteiger partial charge < -0.3 is 4.74 Å². The van der Waals surface area contributed by atoms with Crippen LogP contribution >= 0.6 is 0 Å². The summed E-state index contributed by atoms with van der Waals surface area (Å²) in [4.78, 5) is 25.0. The van der Waals surface area contributed by atoms with E-state index in [0.29, 0.717) is 25.4 Å². The Morgan fingerprint density at radius 3 is 2.72 bits per heavy atom. The van der Waals surface area contributed by atoms with Crippen molar-refractivity contribution in [1.29, 1.82) is 0 Å². The first-order chi connectivity index (χ1) is 11.8. The first-order valence-electron chi connectivity index (χ1n) is 9.72. The molecule has 0 saturated carbocycles. The molecule has 1 aliphatic heterocycles. The lowest BCUT2D eigenvalue weighted by Crippen LogP contribution is -2.32. The van der Waals surface area contributed by atoms with E-state index in [1.165, 1.54) is 5.57 Å². The second-order valence-corrected chi connectivity index (χ2v) is 8.26. The summed E-state index contributed by atoms with van der Waals surface area (Å²) in [6.07, 6.45) is 10.6. The quantitative estimate of drug-likeness (QED) is 0.479. The van der Waals surface area contributed by atoms with Crippen LogP contribution < -0.4 is 0 Å². The first kappa shape index (κ1) is 21.7. The van der Waals surface area contributed by atoms with Crippen molar-refractivity contribution in [2.45, 2.75) is 79.1 Å². The van der Waals surface area contributed by atoms with Gasteiger partial charge in [-0.2, -0.15) is 0 Å². The number of Topliss-reactive ketones (excluding diaryl/α,β-unsaturated/α-hetero) is 1. The molecule has 0 spiro atoms. The van der Waals surface area contributed by atoms with Gasteiger partial charge in [-0.25, -0.2) is 0 Å². The minimum atomic E-state index is -0.500. The van der Waals surface area contributed by atoms with Crippen LogP contribution in [0.2, 0.25) is 0 Å². The Kier molecular flexibility index (Phi) is 9.16. The van der Waals surface area contributed by atoms with E-state index in [4.69, 9.17) is 4.74 Å². The van der Waals surface area contributed by atoms with E-state index in [2.05, 4.69) is 26.5 Å². The first-order valence-corrected chi connectivity index (χ1v) is 9.72. The van der Waals surface area contributed by atoms with Crippen molar-refractivity contribution in [3.05, 3.63) is 24.3 Å². The molecule has 0 saturated heterocycles. The summed E-state index contributed by atoms with van der Waals surface area (Å²) in [5.41, 5.74) is 0.857. The van der Waals surface area contributed by atoms with Crippen molar-refractivity contribution in [3.8, 4) is 0 Å². The zero-order valence-electron chi connectivity index (χ0n) is 16.6. The molecule has 142 valence electrons. The molecule has 0 N–H and O–H groups in total. The van der Waals surface area contributed by atoms with Crippen LogP contribution in [0.25, 0.3) is 0 Å². The van der Waals surface area contributed by atoms with Crippen LogP contribution in [0.4, 0.5) is 0 Å². The Morgan fingerprint density at radius 1 is 1.32 bits per heavy atom. The maximum Gasteiger partial charge on any atom is 0.305 e. The van der Waals surface area contributed by atoms with Gasteiger partial charge in [0, 0.05) is 17.8 Å². The number of rotatable bonds is 2. The molecule has 3 heteroatoms. The largest absolute Gasteiger partial charge is 0.465 e. The van der Waals surface area contributed by atoms with E-state index in [1.807, 2.05) is 19.9 Å². The van der Waals surface area contributed by atoms with Crippen LogP contribution in [0, 0.1) is 17.3 Å². The summed E-state index contributed by atoms with van der Waals surface area (Å²) >= 11 is 0.